The van der Waals surface area contributed by atoms with Crippen molar-refractivity contribution in [2.24, 2.45) is 22.7 Å². The van der Waals surface area contributed by atoms with Crippen molar-refractivity contribution >= 4 is 5.97 Å². The van der Waals surface area contributed by atoms with E-state index in [0.29, 0.717) is 11.3 Å². The van der Waals surface area contributed by atoms with E-state index < -0.39 is 0 Å². The van der Waals surface area contributed by atoms with Crippen molar-refractivity contribution in [2.45, 2.75) is 92.1 Å². The van der Waals surface area contributed by atoms with E-state index in [1.54, 1.807) is 0 Å². The predicted octanol–water partition coefficient (Wildman–Crippen LogP) is 5.35. The van der Waals surface area contributed by atoms with Crippen LogP contribution in [0.4, 0.5) is 0 Å². The van der Waals surface area contributed by atoms with Crippen LogP contribution in [0.5, 0.6) is 0 Å². The normalized spacial score (nSPS) is 29.8. The summed E-state index contributed by atoms with van der Waals surface area (Å²) in [4.78, 5) is 12.7. The van der Waals surface area contributed by atoms with Gasteiger partial charge in [0.15, 0.2) is 0 Å². The van der Waals surface area contributed by atoms with Gasteiger partial charge in [0.2, 0.25) is 0 Å². The topological polar surface area (TPSA) is 26.3 Å². The van der Waals surface area contributed by atoms with Gasteiger partial charge in [-0.25, -0.2) is 0 Å². The van der Waals surface area contributed by atoms with Gasteiger partial charge in [0.1, 0.15) is 6.10 Å². The van der Waals surface area contributed by atoms with E-state index >= 15 is 0 Å². The summed E-state index contributed by atoms with van der Waals surface area (Å²) in [5.41, 5.74) is 0.176. The molecule has 0 aromatic heterocycles. The van der Waals surface area contributed by atoms with Gasteiger partial charge in [-0.05, 0) is 69.1 Å². The van der Waals surface area contributed by atoms with Crippen molar-refractivity contribution in [1.82, 2.24) is 0 Å². The average Bonchev–Trinajstić information content (AvgIpc) is 3.23. The maximum Gasteiger partial charge on any atom is 0.312 e. The van der Waals surface area contributed by atoms with Crippen LogP contribution in [-0.4, -0.2) is 12.1 Å². The number of carbonyl (C=O) groups is 1. The van der Waals surface area contributed by atoms with Crippen molar-refractivity contribution in [1.29, 1.82) is 0 Å². The maximum atomic E-state index is 12.7. The molecule has 0 spiro atoms. The summed E-state index contributed by atoms with van der Waals surface area (Å²) in [7, 11) is 0. The molecule has 2 saturated carbocycles. The SMILES string of the molecule is CCCC(C)(C(=O)OC1CCC(C(C)(C)C)CC1)C1CC1. The van der Waals surface area contributed by atoms with E-state index in [1.165, 1.54) is 25.7 Å². The van der Waals surface area contributed by atoms with Gasteiger partial charge in [-0.1, -0.05) is 34.1 Å². The van der Waals surface area contributed by atoms with Gasteiger partial charge < -0.3 is 4.74 Å². The standard InChI is InChI=1S/C19H34O2/c1-6-13-19(5,15-7-8-15)17(20)21-16-11-9-14(10-12-16)18(2,3)4/h14-16H,6-13H2,1-5H3. The van der Waals surface area contributed by atoms with Crippen molar-refractivity contribution < 1.29 is 9.53 Å². The Balaban J connectivity index is 1.86. The summed E-state index contributed by atoms with van der Waals surface area (Å²) in [6.07, 6.45) is 9.16. The zero-order valence-corrected chi connectivity index (χ0v) is 14.7. The van der Waals surface area contributed by atoms with Crippen molar-refractivity contribution in [3.63, 3.8) is 0 Å². The average molecular weight is 294 g/mol. The molecule has 0 aromatic rings. The Kier molecular flexibility index (Phi) is 5.05. The molecule has 2 heteroatoms. The Hall–Kier alpha value is -0.530. The minimum absolute atomic E-state index is 0.0889. The lowest BCUT2D eigenvalue weighted by molar-refractivity contribution is -0.165. The highest BCUT2D eigenvalue weighted by atomic mass is 16.5. The molecule has 122 valence electrons. The molecular weight excluding hydrogens is 260 g/mol. The number of ether oxygens (including phenoxy) is 1. The van der Waals surface area contributed by atoms with Crippen LogP contribution < -0.4 is 0 Å². The second kappa shape index (κ2) is 6.30. The number of esters is 1. The quantitative estimate of drug-likeness (QED) is 0.639. The molecule has 0 N–H and O–H groups in total. The van der Waals surface area contributed by atoms with E-state index in [0.717, 1.165) is 31.6 Å². The summed E-state index contributed by atoms with van der Waals surface area (Å²) < 4.78 is 5.93. The molecule has 0 aromatic carbocycles. The van der Waals surface area contributed by atoms with E-state index in [2.05, 4.69) is 34.6 Å². The lowest BCUT2D eigenvalue weighted by Gasteiger charge is -2.38. The highest BCUT2D eigenvalue weighted by Crippen LogP contribution is 2.49. The molecule has 2 nitrogen and oxygen atoms in total. The fourth-order valence-corrected chi connectivity index (χ4v) is 4.05. The van der Waals surface area contributed by atoms with Crippen LogP contribution in [0.2, 0.25) is 0 Å². The van der Waals surface area contributed by atoms with Crippen LogP contribution in [0.15, 0.2) is 0 Å². The predicted molar refractivity (Wildman–Crippen MR) is 87.0 cm³/mol. The molecule has 2 fully saturated rings. The fourth-order valence-electron chi connectivity index (χ4n) is 4.05. The number of carbonyl (C=O) groups excluding carboxylic acids is 1. The molecule has 1 atom stereocenters. The zero-order valence-electron chi connectivity index (χ0n) is 14.7. The molecule has 21 heavy (non-hydrogen) atoms. The third kappa shape index (κ3) is 4.02. The van der Waals surface area contributed by atoms with Crippen molar-refractivity contribution in [3.05, 3.63) is 0 Å². The summed E-state index contributed by atoms with van der Waals surface area (Å²) >= 11 is 0. The highest BCUT2D eigenvalue weighted by molar-refractivity contribution is 5.77. The Morgan fingerprint density at radius 1 is 0.952 bits per heavy atom. The molecule has 0 aliphatic heterocycles. The Morgan fingerprint density at radius 2 is 1.48 bits per heavy atom. The number of hydrogen-bond acceptors (Lipinski definition) is 2. The molecule has 0 amide bonds. The van der Waals surface area contributed by atoms with Crippen molar-refractivity contribution in [3.8, 4) is 0 Å². The molecule has 1 unspecified atom stereocenters. The smallest absolute Gasteiger partial charge is 0.312 e. The van der Waals surface area contributed by atoms with Gasteiger partial charge in [-0.3, -0.25) is 4.79 Å². The third-order valence-electron chi connectivity index (χ3n) is 5.89. The number of rotatable bonds is 5. The molecule has 2 aliphatic rings. The van der Waals surface area contributed by atoms with Gasteiger partial charge in [-0.2, -0.15) is 0 Å². The van der Waals surface area contributed by atoms with Gasteiger partial charge in [0, 0.05) is 0 Å². The molecule has 2 rings (SSSR count). The number of hydrogen-bond donors (Lipinski definition) is 0. The summed E-state index contributed by atoms with van der Waals surface area (Å²) in [6.45, 7) is 11.3. The Labute approximate surface area is 131 Å². The first kappa shape index (κ1) is 16.8. The molecule has 2 aliphatic carbocycles. The summed E-state index contributed by atoms with van der Waals surface area (Å²) in [5, 5.41) is 0. The molecular formula is C19H34O2. The first-order chi connectivity index (χ1) is 9.77. The molecule has 0 saturated heterocycles. The second-order valence-corrected chi connectivity index (χ2v) is 8.69. The van der Waals surface area contributed by atoms with E-state index in [4.69, 9.17) is 4.74 Å². The fraction of sp³-hybridized carbons (Fsp3) is 0.947. The maximum absolute atomic E-state index is 12.7. The van der Waals surface area contributed by atoms with E-state index in [9.17, 15) is 4.79 Å². The largest absolute Gasteiger partial charge is 0.462 e. The van der Waals surface area contributed by atoms with Crippen LogP contribution in [0.1, 0.15) is 86.0 Å². The van der Waals surface area contributed by atoms with E-state index in [-0.39, 0.29) is 17.5 Å². The lowest BCUT2D eigenvalue weighted by atomic mass is 9.72. The first-order valence-electron chi connectivity index (χ1n) is 8.98. The molecule has 0 bridgehead atoms. The van der Waals surface area contributed by atoms with Gasteiger partial charge in [0.25, 0.3) is 0 Å². The van der Waals surface area contributed by atoms with Gasteiger partial charge in [-0.15, -0.1) is 0 Å². The second-order valence-electron chi connectivity index (χ2n) is 8.69. The van der Waals surface area contributed by atoms with Gasteiger partial charge >= 0.3 is 5.97 Å². The van der Waals surface area contributed by atoms with Crippen LogP contribution in [0.25, 0.3) is 0 Å². The Bertz CT molecular complexity index is 356. The lowest BCUT2D eigenvalue weighted by Crippen LogP contribution is -2.37. The minimum Gasteiger partial charge on any atom is -0.462 e. The van der Waals surface area contributed by atoms with Crippen LogP contribution >= 0.6 is 0 Å². The molecule has 0 radical (unpaired) electrons. The molecule has 0 heterocycles. The van der Waals surface area contributed by atoms with Crippen molar-refractivity contribution in [2.75, 3.05) is 0 Å². The summed E-state index contributed by atoms with van der Waals surface area (Å²) in [6, 6.07) is 0. The van der Waals surface area contributed by atoms with Gasteiger partial charge in [0.05, 0.1) is 5.41 Å². The van der Waals surface area contributed by atoms with Crippen LogP contribution in [-0.2, 0) is 9.53 Å². The minimum atomic E-state index is -0.213. The van der Waals surface area contributed by atoms with E-state index in [1.807, 2.05) is 0 Å². The van der Waals surface area contributed by atoms with Crippen LogP contribution in [0.3, 0.4) is 0 Å². The zero-order chi connectivity index (χ0) is 15.7. The highest BCUT2D eigenvalue weighted by Gasteiger charge is 2.48. The third-order valence-corrected chi connectivity index (χ3v) is 5.89. The van der Waals surface area contributed by atoms with Crippen LogP contribution in [0, 0.1) is 22.7 Å². The summed E-state index contributed by atoms with van der Waals surface area (Å²) in [5.74, 6) is 1.44. The first-order valence-corrected chi connectivity index (χ1v) is 8.98. The Morgan fingerprint density at radius 3 is 1.90 bits per heavy atom. The monoisotopic (exact) mass is 294 g/mol.